The van der Waals surface area contributed by atoms with Gasteiger partial charge in [-0.2, -0.15) is 13.2 Å². The van der Waals surface area contributed by atoms with E-state index in [-0.39, 0.29) is 22.5 Å². The number of hydrogen-bond donors (Lipinski definition) is 0. The van der Waals surface area contributed by atoms with Crippen LogP contribution in [0, 0.1) is 5.82 Å². The highest BCUT2D eigenvalue weighted by molar-refractivity contribution is 9.10. The second kappa shape index (κ2) is 8.02. The minimum Gasteiger partial charge on any atom is -0.464 e. The smallest absolute Gasteiger partial charge is 0.417 e. The first-order valence-electron chi connectivity index (χ1n) is 8.36. The summed E-state index contributed by atoms with van der Waals surface area (Å²) in [6.07, 6.45) is -3.56. The molecule has 0 aliphatic heterocycles. The summed E-state index contributed by atoms with van der Waals surface area (Å²) in [4.78, 5) is 28.3. The molecule has 0 unspecified atom stereocenters. The quantitative estimate of drug-likeness (QED) is 0.395. The molecule has 30 heavy (non-hydrogen) atoms. The molecule has 0 aliphatic rings. The fourth-order valence-electron chi connectivity index (χ4n) is 2.86. The number of alkyl halides is 3. The number of aryl methyl sites for hydroxylation is 1. The monoisotopic (exact) mass is 484 g/mol. The summed E-state index contributed by atoms with van der Waals surface area (Å²) in [6.45, 7) is 0. The van der Waals surface area contributed by atoms with E-state index in [1.165, 1.54) is 19.2 Å². The second-order valence-electron chi connectivity index (χ2n) is 6.26. The van der Waals surface area contributed by atoms with Gasteiger partial charge in [0.1, 0.15) is 11.5 Å². The van der Waals surface area contributed by atoms with Crippen molar-refractivity contribution in [3.63, 3.8) is 0 Å². The molecule has 5 nitrogen and oxygen atoms in total. The lowest BCUT2D eigenvalue weighted by Gasteiger charge is -2.15. The van der Waals surface area contributed by atoms with Crippen molar-refractivity contribution in [3.05, 3.63) is 74.5 Å². The molecular weight excluding hydrogens is 472 g/mol. The second-order valence-corrected chi connectivity index (χ2v) is 7.18. The molecule has 1 heterocycles. The van der Waals surface area contributed by atoms with Gasteiger partial charge < -0.3 is 9.30 Å². The predicted molar refractivity (Wildman–Crippen MR) is 104 cm³/mol. The van der Waals surface area contributed by atoms with Gasteiger partial charge in [-0.3, -0.25) is 4.79 Å². The number of hydrogen-bond acceptors (Lipinski definition) is 4. The number of rotatable bonds is 3. The summed E-state index contributed by atoms with van der Waals surface area (Å²) in [5, 5.41) is 0. The normalized spacial score (nSPS) is 11.4. The molecule has 2 aromatic carbocycles. The summed E-state index contributed by atoms with van der Waals surface area (Å²) in [6, 6.07) is 6.41. The zero-order chi connectivity index (χ0) is 22.2. The van der Waals surface area contributed by atoms with Crippen LogP contribution in [0.5, 0.6) is 0 Å². The third-order valence-corrected chi connectivity index (χ3v) is 4.78. The number of carbonyl (C=O) groups is 1. The van der Waals surface area contributed by atoms with Gasteiger partial charge in [-0.1, -0.05) is 15.9 Å². The summed E-state index contributed by atoms with van der Waals surface area (Å²) in [5.74, 6) is -1.72. The average Bonchev–Trinajstić information content (AvgIpc) is 2.68. The number of aromatic nitrogens is 2. The van der Waals surface area contributed by atoms with Crippen LogP contribution in [0.25, 0.3) is 22.4 Å². The molecule has 10 heteroatoms. The van der Waals surface area contributed by atoms with Gasteiger partial charge in [0.15, 0.2) is 5.69 Å². The van der Waals surface area contributed by atoms with Crippen LogP contribution in [0.2, 0.25) is 0 Å². The highest BCUT2D eigenvalue weighted by Crippen LogP contribution is 2.40. The molecule has 0 amide bonds. The van der Waals surface area contributed by atoms with Gasteiger partial charge in [0, 0.05) is 28.8 Å². The van der Waals surface area contributed by atoms with Crippen molar-refractivity contribution in [2.45, 2.75) is 6.18 Å². The Kier molecular flexibility index (Phi) is 5.80. The molecule has 0 saturated heterocycles. The molecule has 0 aliphatic carbocycles. The van der Waals surface area contributed by atoms with Gasteiger partial charge in [0.2, 0.25) is 0 Å². The Morgan fingerprint density at radius 3 is 2.47 bits per heavy atom. The highest BCUT2D eigenvalue weighted by Gasteiger charge is 2.34. The molecule has 156 valence electrons. The maximum absolute atomic E-state index is 14.6. The molecule has 0 spiro atoms. The van der Waals surface area contributed by atoms with Crippen molar-refractivity contribution in [2.75, 3.05) is 7.11 Å². The molecule has 0 bridgehead atoms. The first-order valence-corrected chi connectivity index (χ1v) is 9.15. The lowest BCUT2D eigenvalue weighted by Crippen LogP contribution is -2.23. The first kappa shape index (κ1) is 21.7. The van der Waals surface area contributed by atoms with Crippen molar-refractivity contribution in [2.24, 2.45) is 7.05 Å². The van der Waals surface area contributed by atoms with E-state index in [0.717, 1.165) is 42.1 Å². The minimum absolute atomic E-state index is 0.0471. The molecule has 0 atom stereocenters. The van der Waals surface area contributed by atoms with E-state index in [1.54, 1.807) is 0 Å². The summed E-state index contributed by atoms with van der Waals surface area (Å²) >= 11 is 3.10. The third kappa shape index (κ3) is 4.13. The van der Waals surface area contributed by atoms with Crippen molar-refractivity contribution in [1.82, 2.24) is 9.55 Å². The van der Waals surface area contributed by atoms with Crippen LogP contribution in [0.3, 0.4) is 0 Å². The Hall–Kier alpha value is -3.01. The SMILES string of the molecule is COC(=O)c1cn(C)c(=O)c(-c2ccc(F)c(-c3cc(Br)ccc3C(F)(F)F)c2)n1. The third-order valence-electron chi connectivity index (χ3n) is 4.28. The van der Waals surface area contributed by atoms with Crippen LogP contribution in [-0.4, -0.2) is 22.6 Å². The van der Waals surface area contributed by atoms with Gasteiger partial charge in [-0.25, -0.2) is 14.2 Å². The lowest BCUT2D eigenvalue weighted by molar-refractivity contribution is -0.137. The Labute approximate surface area is 176 Å². The standard InChI is InChI=1S/C20H13BrF4N2O3/c1-27-9-16(19(29)30-2)26-17(18(27)28)10-3-6-15(22)13(7-10)12-8-11(21)4-5-14(12)20(23,24)25/h3-9H,1-2H3. The van der Waals surface area contributed by atoms with E-state index in [9.17, 15) is 27.2 Å². The summed E-state index contributed by atoms with van der Waals surface area (Å²) in [5.41, 5.74) is -2.79. The molecule has 3 aromatic rings. The fourth-order valence-corrected chi connectivity index (χ4v) is 3.22. The zero-order valence-electron chi connectivity index (χ0n) is 15.6. The molecular formula is C20H13BrF4N2O3. The Morgan fingerprint density at radius 2 is 1.83 bits per heavy atom. The van der Waals surface area contributed by atoms with Crippen LogP contribution in [0.15, 0.2) is 51.9 Å². The molecule has 3 rings (SSSR count). The highest BCUT2D eigenvalue weighted by atomic mass is 79.9. The van der Waals surface area contributed by atoms with Gasteiger partial charge >= 0.3 is 12.1 Å². The molecule has 0 saturated carbocycles. The minimum atomic E-state index is -4.72. The number of methoxy groups -OCH3 is 1. The lowest BCUT2D eigenvalue weighted by atomic mass is 9.96. The predicted octanol–water partition coefficient (Wildman–Crippen LogP) is 4.82. The van der Waals surface area contributed by atoms with E-state index in [1.807, 2.05) is 0 Å². The summed E-state index contributed by atoms with van der Waals surface area (Å²) in [7, 11) is 2.51. The van der Waals surface area contributed by atoms with E-state index in [2.05, 4.69) is 25.7 Å². The van der Waals surface area contributed by atoms with E-state index in [0.29, 0.717) is 4.47 Å². The first-order chi connectivity index (χ1) is 14.0. The van der Waals surface area contributed by atoms with Crippen LogP contribution >= 0.6 is 15.9 Å². The molecule has 1 aromatic heterocycles. The van der Waals surface area contributed by atoms with E-state index < -0.39 is 34.6 Å². The van der Waals surface area contributed by atoms with Crippen molar-refractivity contribution < 1.29 is 27.1 Å². The van der Waals surface area contributed by atoms with Gasteiger partial charge in [0.25, 0.3) is 5.56 Å². The van der Waals surface area contributed by atoms with Crippen LogP contribution < -0.4 is 5.56 Å². The fraction of sp³-hybridized carbons (Fsp3) is 0.150. The molecule has 0 radical (unpaired) electrons. The number of nitrogens with zero attached hydrogens (tertiary/aromatic N) is 2. The number of esters is 1. The Bertz CT molecular complexity index is 1210. The maximum Gasteiger partial charge on any atom is 0.417 e. The van der Waals surface area contributed by atoms with Crippen LogP contribution in [0.4, 0.5) is 17.6 Å². The number of ether oxygens (including phenoxy) is 1. The van der Waals surface area contributed by atoms with Crippen molar-refractivity contribution >= 4 is 21.9 Å². The number of benzene rings is 2. The van der Waals surface area contributed by atoms with Crippen LogP contribution in [0.1, 0.15) is 16.1 Å². The van der Waals surface area contributed by atoms with Gasteiger partial charge in [-0.05, 0) is 42.0 Å². The largest absolute Gasteiger partial charge is 0.464 e. The topological polar surface area (TPSA) is 61.2 Å². The number of halogens is 5. The molecule has 0 fully saturated rings. The maximum atomic E-state index is 14.6. The average molecular weight is 485 g/mol. The zero-order valence-corrected chi connectivity index (χ0v) is 17.1. The van der Waals surface area contributed by atoms with Crippen molar-refractivity contribution in [1.29, 1.82) is 0 Å². The molecule has 0 N–H and O–H groups in total. The Balaban J connectivity index is 2.27. The van der Waals surface area contributed by atoms with Crippen LogP contribution in [-0.2, 0) is 18.0 Å². The van der Waals surface area contributed by atoms with Gasteiger partial charge in [-0.15, -0.1) is 0 Å². The number of carbonyl (C=O) groups excluding carboxylic acids is 1. The Morgan fingerprint density at radius 1 is 1.13 bits per heavy atom. The summed E-state index contributed by atoms with van der Waals surface area (Å²) < 4.78 is 60.9. The van der Waals surface area contributed by atoms with Crippen molar-refractivity contribution in [3.8, 4) is 22.4 Å². The van der Waals surface area contributed by atoms with E-state index in [4.69, 9.17) is 0 Å². The van der Waals surface area contributed by atoms with E-state index >= 15 is 0 Å². The van der Waals surface area contributed by atoms with Gasteiger partial charge in [0.05, 0.1) is 12.7 Å².